The van der Waals surface area contributed by atoms with Gasteiger partial charge < -0.3 is 9.67 Å². The maximum atomic E-state index is 10.4. The van der Waals surface area contributed by atoms with E-state index in [0.717, 1.165) is 23.7 Å². The molecule has 0 amide bonds. The molecule has 0 spiro atoms. The molecule has 0 saturated heterocycles. The quantitative estimate of drug-likeness (QED) is 0.660. The average molecular weight is 252 g/mol. The van der Waals surface area contributed by atoms with Crippen molar-refractivity contribution in [2.45, 2.75) is 6.54 Å². The molecule has 0 aliphatic carbocycles. The minimum absolute atomic E-state index is 0. The first kappa shape index (κ1) is 14.7. The molecule has 0 unspecified atom stereocenters. The van der Waals surface area contributed by atoms with Crippen molar-refractivity contribution >= 4 is 41.6 Å². The fourth-order valence-corrected chi connectivity index (χ4v) is 1.49. The summed E-state index contributed by atoms with van der Waals surface area (Å²) in [6.07, 6.45) is 8.11. The van der Waals surface area contributed by atoms with E-state index < -0.39 is 5.97 Å². The Balaban J connectivity index is 0.00000162. The number of hydrogen-bond acceptors (Lipinski definition) is 2. The second-order valence-electron chi connectivity index (χ2n) is 3.65. The summed E-state index contributed by atoms with van der Waals surface area (Å²) in [5, 5.41) is 8.50. The van der Waals surface area contributed by atoms with Gasteiger partial charge in [-0.1, -0.05) is 24.3 Å². The third-order valence-electron chi connectivity index (χ3n) is 2.32. The second-order valence-corrected chi connectivity index (χ2v) is 3.65. The fourth-order valence-electron chi connectivity index (χ4n) is 1.49. The summed E-state index contributed by atoms with van der Waals surface area (Å²) in [5.41, 5.74) is 2.03. The van der Waals surface area contributed by atoms with Gasteiger partial charge in [0, 0.05) is 25.0 Å². The van der Waals surface area contributed by atoms with E-state index in [-0.39, 0.29) is 29.6 Å². The fraction of sp³-hybridized carbons (Fsp3) is 0.0769. The summed E-state index contributed by atoms with van der Waals surface area (Å²) >= 11 is 0. The number of imidazole rings is 1. The molecule has 0 radical (unpaired) electrons. The second kappa shape index (κ2) is 7.16. The molecule has 0 fully saturated rings. The van der Waals surface area contributed by atoms with Crippen LogP contribution in [0.5, 0.6) is 0 Å². The SMILES string of the molecule is O=C(O)C=Cc1ccc(Cn2ccnc2)cc1.[NaH]. The number of aromatic nitrogens is 2. The summed E-state index contributed by atoms with van der Waals surface area (Å²) in [5.74, 6) is -0.938. The summed E-state index contributed by atoms with van der Waals surface area (Å²) in [7, 11) is 0. The van der Waals surface area contributed by atoms with Crippen LogP contribution in [0.25, 0.3) is 6.08 Å². The molecule has 88 valence electrons. The molecular formula is C13H13N2NaO2. The van der Waals surface area contributed by atoms with Crippen LogP contribution in [0.1, 0.15) is 11.1 Å². The van der Waals surface area contributed by atoms with Gasteiger partial charge in [0.2, 0.25) is 0 Å². The number of hydrogen-bond donors (Lipinski definition) is 1. The normalized spacial score (nSPS) is 10.2. The van der Waals surface area contributed by atoms with Crippen molar-refractivity contribution in [1.29, 1.82) is 0 Å². The molecular weight excluding hydrogens is 239 g/mol. The van der Waals surface area contributed by atoms with Gasteiger partial charge in [0.05, 0.1) is 6.33 Å². The molecule has 2 aromatic rings. The van der Waals surface area contributed by atoms with Crippen molar-refractivity contribution in [2.75, 3.05) is 0 Å². The summed E-state index contributed by atoms with van der Waals surface area (Å²) in [6.45, 7) is 0.767. The van der Waals surface area contributed by atoms with Crippen LogP contribution in [-0.4, -0.2) is 50.2 Å². The number of rotatable bonds is 4. The van der Waals surface area contributed by atoms with Gasteiger partial charge in [0.15, 0.2) is 0 Å². The van der Waals surface area contributed by atoms with Crippen LogP contribution < -0.4 is 0 Å². The molecule has 1 heterocycles. The van der Waals surface area contributed by atoms with Gasteiger partial charge in [0.25, 0.3) is 0 Å². The molecule has 1 aromatic heterocycles. The van der Waals surface area contributed by atoms with Gasteiger partial charge in [0.1, 0.15) is 0 Å². The Bertz CT molecular complexity index is 518. The van der Waals surface area contributed by atoms with Crippen molar-refractivity contribution in [1.82, 2.24) is 9.55 Å². The number of nitrogens with zero attached hydrogens (tertiary/aromatic N) is 2. The third-order valence-corrected chi connectivity index (χ3v) is 2.32. The predicted octanol–water partition coefficient (Wildman–Crippen LogP) is 1.38. The molecule has 5 heteroatoms. The molecule has 0 saturated carbocycles. The number of carboxylic acid groups (broad SMARTS) is 1. The Morgan fingerprint density at radius 3 is 2.61 bits per heavy atom. The van der Waals surface area contributed by atoms with Crippen molar-refractivity contribution in [3.8, 4) is 0 Å². The third kappa shape index (κ3) is 4.49. The summed E-state index contributed by atoms with van der Waals surface area (Å²) < 4.78 is 1.97. The molecule has 18 heavy (non-hydrogen) atoms. The standard InChI is InChI=1S/C13H12N2O2.Na.H/c16-13(17)6-5-11-1-3-12(4-2-11)9-15-8-7-14-10-15;;/h1-8,10H,9H2,(H,16,17);;. The number of aliphatic carboxylic acids is 1. The van der Waals surface area contributed by atoms with Gasteiger partial charge in [-0.25, -0.2) is 9.78 Å². The van der Waals surface area contributed by atoms with Crippen LogP contribution in [0.3, 0.4) is 0 Å². The molecule has 0 aliphatic rings. The van der Waals surface area contributed by atoms with Crippen LogP contribution in [0, 0.1) is 0 Å². The van der Waals surface area contributed by atoms with Crippen molar-refractivity contribution in [3.63, 3.8) is 0 Å². The molecule has 2 rings (SSSR count). The Morgan fingerprint density at radius 1 is 1.33 bits per heavy atom. The zero-order valence-electron chi connectivity index (χ0n) is 9.15. The molecule has 4 nitrogen and oxygen atoms in total. The molecule has 1 N–H and O–H groups in total. The van der Waals surface area contributed by atoms with E-state index in [4.69, 9.17) is 5.11 Å². The van der Waals surface area contributed by atoms with Crippen LogP contribution in [0.4, 0.5) is 0 Å². The Morgan fingerprint density at radius 2 is 2.06 bits per heavy atom. The van der Waals surface area contributed by atoms with E-state index in [0.29, 0.717) is 0 Å². The van der Waals surface area contributed by atoms with Crippen molar-refractivity contribution in [2.24, 2.45) is 0 Å². The molecule has 0 aliphatic heterocycles. The Hall–Kier alpha value is -1.36. The van der Waals surface area contributed by atoms with Crippen LogP contribution in [0.15, 0.2) is 49.1 Å². The topological polar surface area (TPSA) is 55.1 Å². The van der Waals surface area contributed by atoms with E-state index in [1.807, 2.05) is 35.0 Å². The summed E-state index contributed by atoms with van der Waals surface area (Å²) in [6, 6.07) is 7.74. The zero-order chi connectivity index (χ0) is 12.1. The van der Waals surface area contributed by atoms with Gasteiger partial charge >= 0.3 is 35.5 Å². The van der Waals surface area contributed by atoms with Crippen LogP contribution in [-0.2, 0) is 11.3 Å². The monoisotopic (exact) mass is 252 g/mol. The molecule has 1 aromatic carbocycles. The van der Waals surface area contributed by atoms with E-state index in [2.05, 4.69) is 4.98 Å². The number of benzene rings is 1. The van der Waals surface area contributed by atoms with Crippen molar-refractivity contribution < 1.29 is 9.90 Å². The Kier molecular flexibility index (Phi) is 5.85. The Labute approximate surface area is 127 Å². The van der Waals surface area contributed by atoms with E-state index in [9.17, 15) is 4.79 Å². The summed E-state index contributed by atoms with van der Waals surface area (Å²) in [4.78, 5) is 14.3. The van der Waals surface area contributed by atoms with Crippen LogP contribution in [0.2, 0.25) is 0 Å². The van der Waals surface area contributed by atoms with Gasteiger partial charge in [-0.05, 0) is 17.2 Å². The zero-order valence-corrected chi connectivity index (χ0v) is 9.15. The van der Waals surface area contributed by atoms with Gasteiger partial charge in [-0.2, -0.15) is 0 Å². The van der Waals surface area contributed by atoms with Crippen LogP contribution >= 0.6 is 0 Å². The van der Waals surface area contributed by atoms with Gasteiger partial charge in [-0.15, -0.1) is 0 Å². The predicted molar refractivity (Wildman–Crippen MR) is 71.6 cm³/mol. The average Bonchev–Trinajstić information content (AvgIpc) is 2.81. The number of carbonyl (C=O) groups is 1. The number of carboxylic acids is 1. The first-order chi connectivity index (χ1) is 8.24. The molecule has 0 atom stereocenters. The first-order valence-corrected chi connectivity index (χ1v) is 5.20. The van der Waals surface area contributed by atoms with E-state index >= 15 is 0 Å². The maximum absolute atomic E-state index is 10.4. The van der Waals surface area contributed by atoms with Crippen molar-refractivity contribution in [3.05, 3.63) is 60.2 Å². The van der Waals surface area contributed by atoms with E-state index in [1.165, 1.54) is 0 Å². The van der Waals surface area contributed by atoms with Gasteiger partial charge in [-0.3, -0.25) is 0 Å². The first-order valence-electron chi connectivity index (χ1n) is 5.20. The van der Waals surface area contributed by atoms with E-state index in [1.54, 1.807) is 18.6 Å². The molecule has 0 bridgehead atoms. The minimum atomic E-state index is -0.938.